The summed E-state index contributed by atoms with van der Waals surface area (Å²) in [5.74, 6) is 0.0713. The molecule has 0 fully saturated rings. The number of hydrogen-bond donors (Lipinski definition) is 2. The number of amides is 1. The molecule has 1 amide bonds. The van der Waals surface area contributed by atoms with E-state index in [4.69, 9.17) is 5.73 Å². The topological polar surface area (TPSA) is 55.1 Å². The highest BCUT2D eigenvalue weighted by molar-refractivity contribution is 5.75. The van der Waals surface area contributed by atoms with E-state index in [1.54, 1.807) is 0 Å². The molecular weight excluding hydrogens is 188 g/mol. The largest absolute Gasteiger partial charge is 0.352 e. The molecule has 1 aromatic carbocycles. The average molecular weight is 206 g/mol. The predicted molar refractivity (Wildman–Crippen MR) is 61.3 cm³/mol. The molecule has 3 N–H and O–H groups in total. The van der Waals surface area contributed by atoms with E-state index in [0.717, 1.165) is 12.0 Å². The van der Waals surface area contributed by atoms with Crippen molar-refractivity contribution in [1.82, 2.24) is 5.32 Å². The Morgan fingerprint density at radius 3 is 2.93 bits per heavy atom. The Morgan fingerprint density at radius 2 is 2.27 bits per heavy atom. The number of nitrogens with two attached hydrogens (primary N) is 1. The summed E-state index contributed by atoms with van der Waals surface area (Å²) in [7, 11) is 0. The standard InChI is InChI=1S/C12H18N2O/c1-10-4-2-5-11(8-10)9-14-12(15)6-3-7-13/h2,4-5,8H,3,6-7,9,13H2,1H3,(H,14,15). The van der Waals surface area contributed by atoms with Crippen molar-refractivity contribution in [3.8, 4) is 0 Å². The lowest BCUT2D eigenvalue weighted by atomic mass is 10.1. The summed E-state index contributed by atoms with van der Waals surface area (Å²) >= 11 is 0. The number of rotatable bonds is 5. The fourth-order valence-electron chi connectivity index (χ4n) is 1.37. The first-order valence-corrected chi connectivity index (χ1v) is 5.24. The SMILES string of the molecule is Cc1cccc(CNC(=O)CCCN)c1. The minimum absolute atomic E-state index is 0.0713. The molecule has 1 aromatic rings. The quantitative estimate of drug-likeness (QED) is 0.764. The van der Waals surface area contributed by atoms with Crippen molar-refractivity contribution in [2.45, 2.75) is 26.3 Å². The second kappa shape index (κ2) is 6.19. The van der Waals surface area contributed by atoms with Crippen molar-refractivity contribution in [3.63, 3.8) is 0 Å². The maximum absolute atomic E-state index is 11.3. The van der Waals surface area contributed by atoms with Crippen LogP contribution in [0.1, 0.15) is 24.0 Å². The van der Waals surface area contributed by atoms with Gasteiger partial charge in [0, 0.05) is 13.0 Å². The summed E-state index contributed by atoms with van der Waals surface area (Å²) in [6.45, 7) is 3.21. The van der Waals surface area contributed by atoms with Crippen LogP contribution < -0.4 is 11.1 Å². The zero-order chi connectivity index (χ0) is 11.1. The van der Waals surface area contributed by atoms with Gasteiger partial charge in [-0.15, -0.1) is 0 Å². The fraction of sp³-hybridized carbons (Fsp3) is 0.417. The molecule has 0 aliphatic rings. The minimum atomic E-state index is 0.0713. The van der Waals surface area contributed by atoms with Crippen LogP contribution in [0.4, 0.5) is 0 Å². The van der Waals surface area contributed by atoms with Crippen molar-refractivity contribution in [2.75, 3.05) is 6.54 Å². The lowest BCUT2D eigenvalue weighted by Crippen LogP contribution is -2.23. The average Bonchev–Trinajstić information content (AvgIpc) is 2.23. The molecule has 0 radical (unpaired) electrons. The predicted octanol–water partition coefficient (Wildman–Crippen LogP) is 1.35. The third kappa shape index (κ3) is 4.61. The number of hydrogen-bond acceptors (Lipinski definition) is 2. The zero-order valence-electron chi connectivity index (χ0n) is 9.12. The van der Waals surface area contributed by atoms with Gasteiger partial charge in [0.1, 0.15) is 0 Å². The van der Waals surface area contributed by atoms with E-state index in [1.807, 2.05) is 25.1 Å². The van der Waals surface area contributed by atoms with E-state index in [1.165, 1.54) is 5.56 Å². The van der Waals surface area contributed by atoms with Gasteiger partial charge in [-0.05, 0) is 25.5 Å². The molecule has 0 aliphatic heterocycles. The van der Waals surface area contributed by atoms with Gasteiger partial charge in [0.15, 0.2) is 0 Å². The van der Waals surface area contributed by atoms with Gasteiger partial charge in [-0.3, -0.25) is 4.79 Å². The first-order valence-electron chi connectivity index (χ1n) is 5.24. The highest BCUT2D eigenvalue weighted by Gasteiger charge is 1.99. The third-order valence-corrected chi connectivity index (χ3v) is 2.18. The van der Waals surface area contributed by atoms with E-state index < -0.39 is 0 Å². The van der Waals surface area contributed by atoms with Gasteiger partial charge in [-0.2, -0.15) is 0 Å². The maximum Gasteiger partial charge on any atom is 0.220 e. The van der Waals surface area contributed by atoms with Gasteiger partial charge < -0.3 is 11.1 Å². The second-order valence-electron chi connectivity index (χ2n) is 3.66. The van der Waals surface area contributed by atoms with Crippen LogP contribution in [0.2, 0.25) is 0 Å². The lowest BCUT2D eigenvalue weighted by molar-refractivity contribution is -0.121. The summed E-state index contributed by atoms with van der Waals surface area (Å²) in [4.78, 5) is 11.3. The Morgan fingerprint density at radius 1 is 1.47 bits per heavy atom. The Balaban J connectivity index is 2.33. The lowest BCUT2D eigenvalue weighted by Gasteiger charge is -2.05. The van der Waals surface area contributed by atoms with Crippen molar-refractivity contribution in [2.24, 2.45) is 5.73 Å². The molecule has 1 rings (SSSR count). The summed E-state index contributed by atoms with van der Waals surface area (Å²) < 4.78 is 0. The molecule has 3 heteroatoms. The molecule has 0 saturated heterocycles. The van der Waals surface area contributed by atoms with Crippen LogP contribution in [0.5, 0.6) is 0 Å². The Bertz CT molecular complexity index is 323. The van der Waals surface area contributed by atoms with Crippen molar-refractivity contribution < 1.29 is 4.79 Å². The molecule has 0 spiro atoms. The van der Waals surface area contributed by atoms with Crippen LogP contribution in [0.25, 0.3) is 0 Å². The molecule has 0 atom stereocenters. The van der Waals surface area contributed by atoms with Gasteiger partial charge in [0.25, 0.3) is 0 Å². The highest BCUT2D eigenvalue weighted by Crippen LogP contribution is 2.03. The van der Waals surface area contributed by atoms with Crippen molar-refractivity contribution in [3.05, 3.63) is 35.4 Å². The summed E-state index contributed by atoms with van der Waals surface area (Å²) in [5, 5.41) is 2.87. The van der Waals surface area contributed by atoms with E-state index in [0.29, 0.717) is 19.5 Å². The molecule has 0 unspecified atom stereocenters. The molecule has 0 bridgehead atoms. The van der Waals surface area contributed by atoms with Crippen molar-refractivity contribution >= 4 is 5.91 Å². The molecular formula is C12H18N2O. The smallest absolute Gasteiger partial charge is 0.220 e. The van der Waals surface area contributed by atoms with E-state index >= 15 is 0 Å². The van der Waals surface area contributed by atoms with Gasteiger partial charge in [0.05, 0.1) is 0 Å². The van der Waals surface area contributed by atoms with Crippen LogP contribution >= 0.6 is 0 Å². The molecule has 0 heterocycles. The normalized spacial score (nSPS) is 10.0. The molecule has 82 valence electrons. The van der Waals surface area contributed by atoms with Crippen molar-refractivity contribution in [1.29, 1.82) is 0 Å². The number of nitrogens with one attached hydrogen (secondary N) is 1. The number of carbonyl (C=O) groups excluding carboxylic acids is 1. The van der Waals surface area contributed by atoms with Crippen LogP contribution in [-0.4, -0.2) is 12.5 Å². The molecule has 0 saturated carbocycles. The molecule has 3 nitrogen and oxygen atoms in total. The van der Waals surface area contributed by atoms with Crippen LogP contribution in [-0.2, 0) is 11.3 Å². The highest BCUT2D eigenvalue weighted by atomic mass is 16.1. The van der Waals surface area contributed by atoms with Crippen LogP contribution in [0, 0.1) is 6.92 Å². The van der Waals surface area contributed by atoms with Gasteiger partial charge in [0.2, 0.25) is 5.91 Å². The van der Waals surface area contributed by atoms with Crippen LogP contribution in [0.15, 0.2) is 24.3 Å². The summed E-state index contributed by atoms with van der Waals surface area (Å²) in [6.07, 6.45) is 1.27. The second-order valence-corrected chi connectivity index (χ2v) is 3.66. The third-order valence-electron chi connectivity index (χ3n) is 2.18. The van der Waals surface area contributed by atoms with Gasteiger partial charge in [-0.1, -0.05) is 29.8 Å². The van der Waals surface area contributed by atoms with Gasteiger partial charge >= 0.3 is 0 Å². The van der Waals surface area contributed by atoms with Gasteiger partial charge in [-0.25, -0.2) is 0 Å². The fourth-order valence-corrected chi connectivity index (χ4v) is 1.37. The molecule has 0 aromatic heterocycles. The van der Waals surface area contributed by atoms with E-state index in [-0.39, 0.29) is 5.91 Å². The number of benzene rings is 1. The molecule has 0 aliphatic carbocycles. The minimum Gasteiger partial charge on any atom is -0.352 e. The van der Waals surface area contributed by atoms with E-state index in [2.05, 4.69) is 11.4 Å². The zero-order valence-corrected chi connectivity index (χ0v) is 9.12. The number of carbonyl (C=O) groups is 1. The summed E-state index contributed by atoms with van der Waals surface area (Å²) in [6, 6.07) is 8.12. The maximum atomic E-state index is 11.3. The first kappa shape index (κ1) is 11.7. The van der Waals surface area contributed by atoms with E-state index in [9.17, 15) is 4.79 Å². The monoisotopic (exact) mass is 206 g/mol. The number of aryl methyl sites for hydroxylation is 1. The van der Waals surface area contributed by atoms with Crippen LogP contribution in [0.3, 0.4) is 0 Å². The Hall–Kier alpha value is -1.35. The summed E-state index contributed by atoms with van der Waals surface area (Å²) in [5.41, 5.74) is 7.67. The molecule has 15 heavy (non-hydrogen) atoms. The Labute approximate surface area is 90.7 Å². The first-order chi connectivity index (χ1) is 7.22. The Kier molecular flexibility index (Phi) is 4.84.